The third-order valence-corrected chi connectivity index (χ3v) is 4.60. The van der Waals surface area contributed by atoms with Crippen LogP contribution in [-0.4, -0.2) is 35.0 Å². The van der Waals surface area contributed by atoms with Crippen LogP contribution in [-0.2, 0) is 0 Å². The molecule has 2 aliphatic rings. The number of likely N-dealkylation sites (tertiary alicyclic amines) is 1. The van der Waals surface area contributed by atoms with E-state index in [0.717, 1.165) is 12.1 Å². The van der Waals surface area contributed by atoms with Gasteiger partial charge in [0.05, 0.1) is 0 Å². The quantitative estimate of drug-likeness (QED) is 0.694. The van der Waals surface area contributed by atoms with Crippen LogP contribution in [0.1, 0.15) is 40.0 Å². The van der Waals surface area contributed by atoms with Gasteiger partial charge in [-0.3, -0.25) is 4.90 Å². The van der Waals surface area contributed by atoms with Gasteiger partial charge in [-0.25, -0.2) is 0 Å². The van der Waals surface area contributed by atoms with Crippen LogP contribution < -0.4 is 0 Å². The van der Waals surface area contributed by atoms with Crippen molar-refractivity contribution in [3.8, 4) is 0 Å². The van der Waals surface area contributed by atoms with Crippen LogP contribution >= 0.6 is 11.8 Å². The molecule has 2 saturated heterocycles. The highest BCUT2D eigenvalue weighted by molar-refractivity contribution is 8.00. The zero-order chi connectivity index (χ0) is 10.2. The van der Waals surface area contributed by atoms with Crippen LogP contribution in [0.3, 0.4) is 0 Å². The highest BCUT2D eigenvalue weighted by Gasteiger charge is 2.35. The van der Waals surface area contributed by atoms with E-state index in [1.165, 1.54) is 37.3 Å². The molecule has 0 bridgehead atoms. The van der Waals surface area contributed by atoms with Crippen LogP contribution in [0.4, 0.5) is 0 Å². The Bertz CT molecular complexity index is 193. The first-order valence-corrected chi connectivity index (χ1v) is 7.05. The number of hydrogen-bond acceptors (Lipinski definition) is 2. The lowest BCUT2D eigenvalue weighted by molar-refractivity contribution is 0.157. The van der Waals surface area contributed by atoms with E-state index in [1.807, 2.05) is 0 Å². The number of thioether (sulfide) groups is 1. The Kier molecular flexibility index (Phi) is 3.13. The van der Waals surface area contributed by atoms with Crippen molar-refractivity contribution in [3.05, 3.63) is 0 Å². The second kappa shape index (κ2) is 4.05. The Morgan fingerprint density at radius 3 is 2.50 bits per heavy atom. The summed E-state index contributed by atoms with van der Waals surface area (Å²) in [6.45, 7) is 8.49. The average Bonchev–Trinajstić information content (AvgIpc) is 2.30. The maximum atomic E-state index is 2.79. The molecule has 0 amide bonds. The van der Waals surface area contributed by atoms with Gasteiger partial charge < -0.3 is 0 Å². The average molecular weight is 213 g/mol. The molecule has 0 aliphatic carbocycles. The fourth-order valence-corrected chi connectivity index (χ4v) is 3.51. The highest BCUT2D eigenvalue weighted by Crippen LogP contribution is 2.35. The van der Waals surface area contributed by atoms with E-state index in [4.69, 9.17) is 0 Å². The molecule has 0 saturated carbocycles. The van der Waals surface area contributed by atoms with E-state index < -0.39 is 0 Å². The highest BCUT2D eigenvalue weighted by atomic mass is 32.2. The van der Waals surface area contributed by atoms with Crippen LogP contribution in [0.15, 0.2) is 0 Å². The summed E-state index contributed by atoms with van der Waals surface area (Å²) in [5, 5.41) is 0. The van der Waals surface area contributed by atoms with Gasteiger partial charge in [0.2, 0.25) is 0 Å². The largest absolute Gasteiger partial charge is 0.296 e. The number of rotatable bonds is 2. The summed E-state index contributed by atoms with van der Waals surface area (Å²) >= 11 is 2.11. The number of nitrogens with zero attached hydrogens (tertiary/aromatic N) is 1. The second-order valence-electron chi connectivity index (χ2n) is 5.99. The molecule has 82 valence electrons. The molecular formula is C12H23NS. The monoisotopic (exact) mass is 213 g/mol. The maximum absolute atomic E-state index is 2.79. The first-order chi connectivity index (χ1) is 6.56. The lowest BCUT2D eigenvalue weighted by Gasteiger charge is -2.40. The zero-order valence-corrected chi connectivity index (χ0v) is 10.6. The molecule has 0 N–H and O–H groups in total. The summed E-state index contributed by atoms with van der Waals surface area (Å²) in [6.07, 6.45) is 4.26. The molecule has 2 rings (SSSR count). The van der Waals surface area contributed by atoms with Crippen molar-refractivity contribution in [1.29, 1.82) is 0 Å². The molecule has 0 spiro atoms. The zero-order valence-electron chi connectivity index (χ0n) is 9.75. The van der Waals surface area contributed by atoms with Gasteiger partial charge in [0.1, 0.15) is 0 Å². The van der Waals surface area contributed by atoms with Crippen LogP contribution in [0, 0.1) is 5.41 Å². The van der Waals surface area contributed by atoms with Crippen molar-refractivity contribution >= 4 is 11.8 Å². The molecule has 2 fully saturated rings. The van der Waals surface area contributed by atoms with E-state index in [2.05, 4.69) is 37.4 Å². The molecule has 0 aromatic rings. The summed E-state index contributed by atoms with van der Waals surface area (Å²) < 4.78 is 0. The topological polar surface area (TPSA) is 3.24 Å². The minimum Gasteiger partial charge on any atom is -0.296 e. The first kappa shape index (κ1) is 10.8. The van der Waals surface area contributed by atoms with Crippen LogP contribution in [0.25, 0.3) is 0 Å². The minimum absolute atomic E-state index is 0.504. The Morgan fingerprint density at radius 1 is 1.29 bits per heavy atom. The predicted molar refractivity (Wildman–Crippen MR) is 64.9 cm³/mol. The molecule has 1 nitrogen and oxygen atoms in total. The van der Waals surface area contributed by atoms with E-state index in [0.29, 0.717) is 5.41 Å². The van der Waals surface area contributed by atoms with Crippen molar-refractivity contribution in [1.82, 2.24) is 4.90 Å². The smallest absolute Gasteiger partial charge is 0.0279 e. The van der Waals surface area contributed by atoms with Gasteiger partial charge in [-0.15, -0.1) is 0 Å². The number of hydrogen-bond donors (Lipinski definition) is 0. The third kappa shape index (κ3) is 2.46. The van der Waals surface area contributed by atoms with E-state index in [-0.39, 0.29) is 0 Å². The molecule has 14 heavy (non-hydrogen) atoms. The maximum Gasteiger partial charge on any atom is 0.0279 e. The lowest BCUT2D eigenvalue weighted by atomic mass is 9.87. The Hall–Kier alpha value is 0.310. The Labute approximate surface area is 92.6 Å². The summed E-state index contributed by atoms with van der Waals surface area (Å²) in [5.74, 6) is 2.78. The van der Waals surface area contributed by atoms with Crippen LogP contribution in [0.2, 0.25) is 0 Å². The Morgan fingerprint density at radius 2 is 2.00 bits per heavy atom. The van der Waals surface area contributed by atoms with Gasteiger partial charge in [0.25, 0.3) is 0 Å². The first-order valence-electron chi connectivity index (χ1n) is 5.90. The SMILES string of the molecule is CC(C)(C)C[C@H]1CCCN1C1CSC1. The molecule has 1 atom stereocenters. The Balaban J connectivity index is 1.89. The van der Waals surface area contributed by atoms with Gasteiger partial charge in [-0.05, 0) is 31.2 Å². The van der Waals surface area contributed by atoms with Gasteiger partial charge >= 0.3 is 0 Å². The third-order valence-electron chi connectivity index (χ3n) is 3.36. The normalized spacial score (nSPS) is 30.6. The van der Waals surface area contributed by atoms with Gasteiger partial charge in [0.15, 0.2) is 0 Å². The van der Waals surface area contributed by atoms with Crippen LogP contribution in [0.5, 0.6) is 0 Å². The molecule has 0 aromatic carbocycles. The van der Waals surface area contributed by atoms with Gasteiger partial charge in [-0.2, -0.15) is 11.8 Å². The molecule has 0 radical (unpaired) electrons. The molecule has 2 heteroatoms. The van der Waals surface area contributed by atoms with Gasteiger partial charge in [-0.1, -0.05) is 20.8 Å². The fourth-order valence-electron chi connectivity index (χ4n) is 2.68. The predicted octanol–water partition coefficient (Wildman–Crippen LogP) is 3.00. The van der Waals surface area contributed by atoms with Crippen molar-refractivity contribution in [2.75, 3.05) is 18.1 Å². The summed E-state index contributed by atoms with van der Waals surface area (Å²) in [7, 11) is 0. The fraction of sp³-hybridized carbons (Fsp3) is 1.00. The molecule has 2 aliphatic heterocycles. The molecule has 0 aromatic heterocycles. The van der Waals surface area contributed by atoms with E-state index >= 15 is 0 Å². The van der Waals surface area contributed by atoms with E-state index in [1.54, 1.807) is 0 Å². The van der Waals surface area contributed by atoms with Crippen molar-refractivity contribution < 1.29 is 0 Å². The second-order valence-corrected chi connectivity index (χ2v) is 7.06. The van der Waals surface area contributed by atoms with Crippen molar-refractivity contribution in [3.63, 3.8) is 0 Å². The minimum atomic E-state index is 0.504. The van der Waals surface area contributed by atoms with Crippen molar-refractivity contribution in [2.24, 2.45) is 5.41 Å². The lowest BCUT2D eigenvalue weighted by Crippen LogP contribution is -2.47. The molecule has 2 heterocycles. The standard InChI is InChI=1S/C12H23NS/c1-12(2,3)7-10-5-4-6-13(10)11-8-14-9-11/h10-11H,4-9H2,1-3H3/t10-/m1/s1. The summed E-state index contributed by atoms with van der Waals surface area (Å²) in [6, 6.07) is 1.82. The van der Waals surface area contributed by atoms with Gasteiger partial charge in [0, 0.05) is 23.6 Å². The van der Waals surface area contributed by atoms with Crippen molar-refractivity contribution in [2.45, 2.75) is 52.1 Å². The van der Waals surface area contributed by atoms with E-state index in [9.17, 15) is 0 Å². The molecular weight excluding hydrogens is 190 g/mol. The molecule has 0 unspecified atom stereocenters. The summed E-state index contributed by atoms with van der Waals surface area (Å²) in [5.41, 5.74) is 0.504. The summed E-state index contributed by atoms with van der Waals surface area (Å²) in [4.78, 5) is 2.79.